The smallest absolute Gasteiger partial charge is 0.315 e. The van der Waals surface area contributed by atoms with Crippen LogP contribution in [0.2, 0.25) is 0 Å². The van der Waals surface area contributed by atoms with Crippen LogP contribution in [0, 0.1) is 5.92 Å². The lowest BCUT2D eigenvalue weighted by molar-refractivity contribution is 0.184. The second-order valence-corrected chi connectivity index (χ2v) is 6.25. The first-order valence-electron chi connectivity index (χ1n) is 8.13. The summed E-state index contributed by atoms with van der Waals surface area (Å²) < 4.78 is 5.18. The molecule has 2 amide bonds. The Morgan fingerprint density at radius 3 is 2.45 bits per heavy atom. The molecule has 0 radical (unpaired) electrons. The van der Waals surface area contributed by atoms with Gasteiger partial charge in [0.1, 0.15) is 0 Å². The number of nitrogens with one attached hydrogen (secondary N) is 2. The van der Waals surface area contributed by atoms with E-state index in [-0.39, 0.29) is 12.1 Å². The first-order chi connectivity index (χ1) is 10.5. The number of carbonyl (C=O) groups is 1. The van der Waals surface area contributed by atoms with Crippen LogP contribution in [0.4, 0.5) is 4.79 Å². The van der Waals surface area contributed by atoms with Gasteiger partial charge in [0.2, 0.25) is 0 Å². The van der Waals surface area contributed by atoms with Crippen molar-refractivity contribution in [3.63, 3.8) is 0 Å². The zero-order valence-electron chi connectivity index (χ0n) is 14.3. The third-order valence-corrected chi connectivity index (χ3v) is 3.65. The molecule has 0 aliphatic rings. The molecule has 1 rings (SSSR count). The molecule has 1 unspecified atom stereocenters. The van der Waals surface area contributed by atoms with Crippen molar-refractivity contribution in [2.75, 3.05) is 7.11 Å². The van der Waals surface area contributed by atoms with Gasteiger partial charge in [-0.1, -0.05) is 51.0 Å². The van der Waals surface area contributed by atoms with Gasteiger partial charge in [0.15, 0.2) is 0 Å². The maximum absolute atomic E-state index is 11.9. The number of carbonyl (C=O) groups excluding carboxylic acids is 1. The standard InChI is InChI=1S/C18H30N2O2/c1-14(2)8-7-9-15(3)20-18(21)19-12-16-10-5-6-11-17(16)13-22-4/h5-6,10-11,14-15H,7-9,12-13H2,1-4H3,(H2,19,20,21). The molecule has 0 aromatic heterocycles. The van der Waals surface area contributed by atoms with E-state index in [0.717, 1.165) is 29.9 Å². The van der Waals surface area contributed by atoms with Gasteiger partial charge < -0.3 is 15.4 Å². The van der Waals surface area contributed by atoms with Crippen molar-refractivity contribution >= 4 is 6.03 Å². The van der Waals surface area contributed by atoms with Gasteiger partial charge in [-0.15, -0.1) is 0 Å². The van der Waals surface area contributed by atoms with E-state index in [1.54, 1.807) is 7.11 Å². The molecule has 0 bridgehead atoms. The highest BCUT2D eigenvalue weighted by Crippen LogP contribution is 2.10. The lowest BCUT2D eigenvalue weighted by Crippen LogP contribution is -2.40. The number of urea groups is 1. The minimum Gasteiger partial charge on any atom is -0.380 e. The van der Waals surface area contributed by atoms with E-state index in [1.165, 1.54) is 6.42 Å². The molecule has 124 valence electrons. The van der Waals surface area contributed by atoms with Crippen molar-refractivity contribution < 1.29 is 9.53 Å². The first kappa shape index (κ1) is 18.5. The Labute approximate surface area is 134 Å². The second kappa shape index (κ2) is 10.2. The maximum Gasteiger partial charge on any atom is 0.315 e. The number of rotatable bonds is 9. The summed E-state index contributed by atoms with van der Waals surface area (Å²) in [5.74, 6) is 0.721. The van der Waals surface area contributed by atoms with Gasteiger partial charge in [-0.25, -0.2) is 4.79 Å². The highest BCUT2D eigenvalue weighted by Gasteiger charge is 2.08. The Bertz CT molecular complexity index is 446. The number of hydrogen-bond donors (Lipinski definition) is 2. The number of methoxy groups -OCH3 is 1. The van der Waals surface area contributed by atoms with E-state index in [9.17, 15) is 4.79 Å². The molecule has 1 aromatic carbocycles. The van der Waals surface area contributed by atoms with Gasteiger partial charge in [-0.05, 0) is 30.4 Å². The van der Waals surface area contributed by atoms with Crippen LogP contribution in [0.5, 0.6) is 0 Å². The first-order valence-corrected chi connectivity index (χ1v) is 8.13. The molecule has 0 saturated heterocycles. The largest absolute Gasteiger partial charge is 0.380 e. The van der Waals surface area contributed by atoms with Crippen LogP contribution in [-0.2, 0) is 17.9 Å². The third kappa shape index (κ3) is 7.46. The van der Waals surface area contributed by atoms with E-state index in [1.807, 2.05) is 24.3 Å². The van der Waals surface area contributed by atoms with E-state index in [4.69, 9.17) is 4.74 Å². The van der Waals surface area contributed by atoms with Crippen molar-refractivity contribution in [2.24, 2.45) is 5.92 Å². The lowest BCUT2D eigenvalue weighted by Gasteiger charge is -2.16. The molecule has 0 saturated carbocycles. The lowest BCUT2D eigenvalue weighted by atomic mass is 10.0. The van der Waals surface area contributed by atoms with Gasteiger partial charge in [0.25, 0.3) is 0 Å². The summed E-state index contributed by atoms with van der Waals surface area (Å²) >= 11 is 0. The van der Waals surface area contributed by atoms with Crippen molar-refractivity contribution in [1.82, 2.24) is 10.6 Å². The van der Waals surface area contributed by atoms with Crippen molar-refractivity contribution in [3.05, 3.63) is 35.4 Å². The Morgan fingerprint density at radius 2 is 1.82 bits per heavy atom. The van der Waals surface area contributed by atoms with E-state index >= 15 is 0 Å². The molecule has 22 heavy (non-hydrogen) atoms. The summed E-state index contributed by atoms with van der Waals surface area (Å²) in [6.07, 6.45) is 3.37. The predicted octanol–water partition coefficient (Wildman–Crippen LogP) is 3.85. The van der Waals surface area contributed by atoms with E-state index < -0.39 is 0 Å². The average Bonchev–Trinajstić information content (AvgIpc) is 2.46. The maximum atomic E-state index is 11.9. The number of ether oxygens (including phenoxy) is 1. The zero-order chi connectivity index (χ0) is 16.4. The molecule has 2 N–H and O–H groups in total. The minimum atomic E-state index is -0.107. The normalized spacial score (nSPS) is 12.2. The Balaban J connectivity index is 2.33. The quantitative estimate of drug-likeness (QED) is 0.728. The van der Waals surface area contributed by atoms with Crippen molar-refractivity contribution in [2.45, 2.75) is 59.2 Å². The molecule has 0 spiro atoms. The van der Waals surface area contributed by atoms with Crippen LogP contribution >= 0.6 is 0 Å². The van der Waals surface area contributed by atoms with Gasteiger partial charge in [0.05, 0.1) is 6.61 Å². The molecule has 1 aromatic rings. The Kier molecular flexibility index (Phi) is 8.60. The van der Waals surface area contributed by atoms with Crippen LogP contribution in [0.3, 0.4) is 0 Å². The summed E-state index contributed by atoms with van der Waals surface area (Å²) in [6, 6.07) is 8.09. The third-order valence-electron chi connectivity index (χ3n) is 3.65. The molecule has 0 heterocycles. The molecule has 1 atom stereocenters. The summed E-state index contributed by atoms with van der Waals surface area (Å²) in [5, 5.41) is 5.92. The number of hydrogen-bond acceptors (Lipinski definition) is 2. The van der Waals surface area contributed by atoms with Crippen LogP contribution < -0.4 is 10.6 Å². The minimum absolute atomic E-state index is 0.107. The van der Waals surface area contributed by atoms with Gasteiger partial charge in [-0.3, -0.25) is 0 Å². The average molecular weight is 306 g/mol. The number of benzene rings is 1. The molecule has 4 nitrogen and oxygen atoms in total. The number of amides is 2. The molecule has 4 heteroatoms. The van der Waals surface area contributed by atoms with Crippen molar-refractivity contribution in [3.8, 4) is 0 Å². The van der Waals surface area contributed by atoms with Crippen LogP contribution in [0.15, 0.2) is 24.3 Å². The summed E-state index contributed by atoms with van der Waals surface area (Å²) in [7, 11) is 1.68. The van der Waals surface area contributed by atoms with Crippen molar-refractivity contribution in [1.29, 1.82) is 0 Å². The van der Waals surface area contributed by atoms with Gasteiger partial charge >= 0.3 is 6.03 Å². The summed E-state index contributed by atoms with van der Waals surface area (Å²) in [5.41, 5.74) is 2.20. The molecule has 0 aliphatic heterocycles. The molecule has 0 aliphatic carbocycles. The second-order valence-electron chi connectivity index (χ2n) is 6.25. The van der Waals surface area contributed by atoms with E-state index in [0.29, 0.717) is 13.2 Å². The fourth-order valence-electron chi connectivity index (χ4n) is 2.38. The van der Waals surface area contributed by atoms with Crippen LogP contribution in [0.1, 0.15) is 51.2 Å². The zero-order valence-corrected chi connectivity index (χ0v) is 14.3. The molecule has 0 fully saturated rings. The fraction of sp³-hybridized carbons (Fsp3) is 0.611. The Hall–Kier alpha value is -1.55. The topological polar surface area (TPSA) is 50.4 Å². The summed E-state index contributed by atoms with van der Waals surface area (Å²) in [6.45, 7) is 7.58. The molecular weight excluding hydrogens is 276 g/mol. The monoisotopic (exact) mass is 306 g/mol. The highest BCUT2D eigenvalue weighted by atomic mass is 16.5. The summed E-state index contributed by atoms with van der Waals surface area (Å²) in [4.78, 5) is 11.9. The van der Waals surface area contributed by atoms with Gasteiger partial charge in [-0.2, -0.15) is 0 Å². The van der Waals surface area contributed by atoms with Crippen LogP contribution in [-0.4, -0.2) is 19.2 Å². The van der Waals surface area contributed by atoms with Gasteiger partial charge in [0, 0.05) is 19.7 Å². The van der Waals surface area contributed by atoms with E-state index in [2.05, 4.69) is 31.4 Å². The predicted molar refractivity (Wildman–Crippen MR) is 90.7 cm³/mol. The highest BCUT2D eigenvalue weighted by molar-refractivity contribution is 5.74. The SMILES string of the molecule is COCc1ccccc1CNC(=O)NC(C)CCCC(C)C. The Morgan fingerprint density at radius 1 is 1.14 bits per heavy atom. The van der Waals surface area contributed by atoms with Crippen LogP contribution in [0.25, 0.3) is 0 Å². The fourth-order valence-corrected chi connectivity index (χ4v) is 2.38. The molecular formula is C18H30N2O2.